The number of rotatable bonds is 5. The van der Waals surface area contributed by atoms with Gasteiger partial charge in [0.25, 0.3) is 0 Å². The standard InChI is InChI=1S/C14H20Cl2N2O/c1-9(2)14(3,8-17)18-13(19)7-10-4-5-11(15)12(16)6-10/h4-6,9H,7-8,17H2,1-3H3,(H,18,19). The highest BCUT2D eigenvalue weighted by Gasteiger charge is 2.28. The molecule has 0 fully saturated rings. The Morgan fingerprint density at radius 1 is 1.37 bits per heavy atom. The van der Waals surface area contributed by atoms with E-state index in [9.17, 15) is 4.79 Å². The quantitative estimate of drug-likeness (QED) is 0.878. The third-order valence-corrected chi connectivity index (χ3v) is 4.21. The van der Waals surface area contributed by atoms with Crippen molar-refractivity contribution < 1.29 is 4.79 Å². The number of amides is 1. The van der Waals surface area contributed by atoms with Crippen LogP contribution in [0.25, 0.3) is 0 Å². The first kappa shape index (κ1) is 16.3. The number of carbonyl (C=O) groups is 1. The van der Waals surface area contributed by atoms with E-state index in [4.69, 9.17) is 28.9 Å². The number of nitrogens with two attached hydrogens (primary N) is 1. The van der Waals surface area contributed by atoms with Crippen molar-refractivity contribution in [3.63, 3.8) is 0 Å². The zero-order valence-electron chi connectivity index (χ0n) is 11.5. The van der Waals surface area contributed by atoms with Crippen LogP contribution in [0.4, 0.5) is 0 Å². The topological polar surface area (TPSA) is 55.1 Å². The first-order chi connectivity index (χ1) is 8.78. The Hall–Kier alpha value is -0.770. The molecule has 3 N–H and O–H groups in total. The summed E-state index contributed by atoms with van der Waals surface area (Å²) in [5.74, 6) is 0.190. The highest BCUT2D eigenvalue weighted by atomic mass is 35.5. The second kappa shape index (κ2) is 6.60. The number of carbonyl (C=O) groups excluding carboxylic acids is 1. The van der Waals surface area contributed by atoms with Crippen LogP contribution in [0.15, 0.2) is 18.2 Å². The van der Waals surface area contributed by atoms with Crippen LogP contribution in [-0.4, -0.2) is 18.0 Å². The minimum absolute atomic E-state index is 0.0694. The number of nitrogens with one attached hydrogen (secondary N) is 1. The molecule has 1 rings (SSSR count). The Labute approximate surface area is 124 Å². The van der Waals surface area contributed by atoms with Crippen molar-refractivity contribution in [2.75, 3.05) is 6.54 Å². The predicted octanol–water partition coefficient (Wildman–Crippen LogP) is 3.03. The van der Waals surface area contributed by atoms with Gasteiger partial charge in [0.05, 0.1) is 22.0 Å². The highest BCUT2D eigenvalue weighted by molar-refractivity contribution is 6.42. The molecule has 1 amide bonds. The predicted molar refractivity (Wildman–Crippen MR) is 80.6 cm³/mol. The van der Waals surface area contributed by atoms with Crippen LogP contribution in [0.1, 0.15) is 26.3 Å². The van der Waals surface area contributed by atoms with Gasteiger partial charge in [0.1, 0.15) is 0 Å². The maximum atomic E-state index is 12.0. The van der Waals surface area contributed by atoms with Crippen molar-refractivity contribution in [2.45, 2.75) is 32.7 Å². The van der Waals surface area contributed by atoms with E-state index in [-0.39, 0.29) is 18.2 Å². The molecule has 0 saturated heterocycles. The lowest BCUT2D eigenvalue weighted by Crippen LogP contribution is -2.55. The minimum atomic E-state index is -0.396. The second-order valence-corrected chi connectivity index (χ2v) is 6.06. The molecule has 1 atom stereocenters. The zero-order chi connectivity index (χ0) is 14.6. The molecule has 1 aromatic rings. The Morgan fingerprint density at radius 3 is 2.47 bits per heavy atom. The second-order valence-electron chi connectivity index (χ2n) is 5.25. The van der Waals surface area contributed by atoms with Gasteiger partial charge >= 0.3 is 0 Å². The zero-order valence-corrected chi connectivity index (χ0v) is 13.0. The summed E-state index contributed by atoms with van der Waals surface area (Å²) >= 11 is 11.8. The summed E-state index contributed by atoms with van der Waals surface area (Å²) in [5, 5.41) is 3.93. The molecule has 5 heteroatoms. The van der Waals surface area contributed by atoms with Crippen LogP contribution in [0.3, 0.4) is 0 Å². The normalized spacial score (nSPS) is 14.3. The molecule has 0 saturated carbocycles. The Balaban J connectivity index is 2.72. The van der Waals surface area contributed by atoms with E-state index in [1.165, 1.54) is 0 Å². The van der Waals surface area contributed by atoms with Crippen molar-refractivity contribution in [1.29, 1.82) is 0 Å². The van der Waals surface area contributed by atoms with Gasteiger partial charge < -0.3 is 11.1 Å². The van der Waals surface area contributed by atoms with Gasteiger partial charge in [-0.05, 0) is 30.5 Å². The summed E-state index contributed by atoms with van der Waals surface area (Å²) in [6.07, 6.45) is 0.263. The van der Waals surface area contributed by atoms with Crippen LogP contribution < -0.4 is 11.1 Å². The molecule has 0 bridgehead atoms. The van der Waals surface area contributed by atoms with E-state index in [0.717, 1.165) is 5.56 Å². The maximum Gasteiger partial charge on any atom is 0.224 e. The Morgan fingerprint density at radius 2 is 2.00 bits per heavy atom. The molecule has 0 aliphatic heterocycles. The van der Waals surface area contributed by atoms with Gasteiger partial charge in [0.2, 0.25) is 5.91 Å². The lowest BCUT2D eigenvalue weighted by Gasteiger charge is -2.33. The van der Waals surface area contributed by atoms with Gasteiger partial charge in [-0.3, -0.25) is 4.79 Å². The van der Waals surface area contributed by atoms with Gasteiger partial charge in [-0.15, -0.1) is 0 Å². The van der Waals surface area contributed by atoms with Gasteiger partial charge in [-0.25, -0.2) is 0 Å². The molecule has 3 nitrogen and oxygen atoms in total. The summed E-state index contributed by atoms with van der Waals surface area (Å²) in [4.78, 5) is 12.0. The van der Waals surface area contributed by atoms with Crippen LogP contribution >= 0.6 is 23.2 Å². The van der Waals surface area contributed by atoms with Crippen LogP contribution in [0, 0.1) is 5.92 Å². The molecule has 0 aliphatic carbocycles. The number of hydrogen-bond donors (Lipinski definition) is 2. The van der Waals surface area contributed by atoms with Crippen molar-refractivity contribution in [2.24, 2.45) is 11.7 Å². The summed E-state index contributed by atoms with van der Waals surface area (Å²) in [6.45, 7) is 6.42. The van der Waals surface area contributed by atoms with Crippen molar-refractivity contribution in [3.8, 4) is 0 Å². The van der Waals surface area contributed by atoms with Gasteiger partial charge in [0, 0.05) is 6.54 Å². The van der Waals surface area contributed by atoms with E-state index < -0.39 is 5.54 Å². The molecular formula is C14H20Cl2N2O. The third-order valence-electron chi connectivity index (χ3n) is 3.47. The molecule has 19 heavy (non-hydrogen) atoms. The van der Waals surface area contributed by atoms with Crippen LogP contribution in [-0.2, 0) is 11.2 Å². The van der Waals surface area contributed by atoms with Gasteiger partial charge in [-0.1, -0.05) is 43.1 Å². The van der Waals surface area contributed by atoms with Crippen LogP contribution in [0.2, 0.25) is 10.0 Å². The monoisotopic (exact) mass is 302 g/mol. The lowest BCUT2D eigenvalue weighted by atomic mass is 9.88. The van der Waals surface area contributed by atoms with Crippen molar-refractivity contribution >= 4 is 29.1 Å². The SMILES string of the molecule is CC(C)C(C)(CN)NC(=O)Cc1ccc(Cl)c(Cl)c1. The molecule has 106 valence electrons. The van der Waals surface area contributed by atoms with E-state index in [2.05, 4.69) is 5.32 Å². The summed E-state index contributed by atoms with van der Waals surface area (Å²) in [5.41, 5.74) is 6.17. The van der Waals surface area contributed by atoms with E-state index in [1.54, 1.807) is 18.2 Å². The third kappa shape index (κ3) is 4.37. The van der Waals surface area contributed by atoms with Crippen molar-refractivity contribution in [3.05, 3.63) is 33.8 Å². The molecule has 0 aliphatic rings. The largest absolute Gasteiger partial charge is 0.349 e. The Bertz CT molecular complexity index is 463. The fourth-order valence-corrected chi connectivity index (χ4v) is 1.95. The van der Waals surface area contributed by atoms with E-state index in [1.807, 2.05) is 20.8 Å². The summed E-state index contributed by atoms with van der Waals surface area (Å²) in [6, 6.07) is 5.19. The minimum Gasteiger partial charge on any atom is -0.349 e. The fourth-order valence-electron chi connectivity index (χ4n) is 1.63. The van der Waals surface area contributed by atoms with E-state index in [0.29, 0.717) is 16.6 Å². The average molecular weight is 303 g/mol. The lowest BCUT2D eigenvalue weighted by molar-refractivity contribution is -0.122. The summed E-state index contributed by atoms with van der Waals surface area (Å²) < 4.78 is 0. The van der Waals surface area contributed by atoms with Gasteiger partial charge in [-0.2, -0.15) is 0 Å². The first-order valence-electron chi connectivity index (χ1n) is 6.23. The average Bonchev–Trinajstić information content (AvgIpc) is 2.33. The molecule has 0 radical (unpaired) electrons. The molecular weight excluding hydrogens is 283 g/mol. The Kier molecular flexibility index (Phi) is 5.65. The van der Waals surface area contributed by atoms with Crippen molar-refractivity contribution in [1.82, 2.24) is 5.32 Å². The fraction of sp³-hybridized carbons (Fsp3) is 0.500. The molecule has 1 aromatic carbocycles. The maximum absolute atomic E-state index is 12.0. The smallest absolute Gasteiger partial charge is 0.224 e. The summed E-state index contributed by atoms with van der Waals surface area (Å²) in [7, 11) is 0. The molecule has 1 unspecified atom stereocenters. The highest BCUT2D eigenvalue weighted by Crippen LogP contribution is 2.23. The first-order valence-corrected chi connectivity index (χ1v) is 6.99. The number of benzene rings is 1. The number of halogens is 2. The molecule has 0 spiro atoms. The van der Waals surface area contributed by atoms with Crippen LogP contribution in [0.5, 0.6) is 0 Å². The van der Waals surface area contributed by atoms with Gasteiger partial charge in [0.15, 0.2) is 0 Å². The molecule has 0 aromatic heterocycles. The molecule has 0 heterocycles. The number of hydrogen-bond acceptors (Lipinski definition) is 2. The van der Waals surface area contributed by atoms with E-state index >= 15 is 0 Å².